The van der Waals surface area contributed by atoms with E-state index in [0.717, 1.165) is 26.9 Å². The molecule has 8 nitrogen and oxygen atoms in total. The fourth-order valence-corrected chi connectivity index (χ4v) is 4.26. The van der Waals surface area contributed by atoms with Gasteiger partial charge in [0.1, 0.15) is 5.57 Å². The van der Waals surface area contributed by atoms with Crippen LogP contribution in [-0.4, -0.2) is 33.5 Å². The highest BCUT2D eigenvalue weighted by atomic mass is 16.4. The van der Waals surface area contributed by atoms with E-state index in [1.807, 2.05) is 41.8 Å². The van der Waals surface area contributed by atoms with Crippen molar-refractivity contribution in [2.75, 3.05) is 4.90 Å². The quantitative estimate of drug-likeness (QED) is 0.327. The van der Waals surface area contributed by atoms with Gasteiger partial charge in [-0.15, -0.1) is 0 Å². The molecule has 0 unspecified atom stereocenters. The predicted molar refractivity (Wildman–Crippen MR) is 135 cm³/mol. The number of aromatic nitrogens is 1. The average Bonchev–Trinajstić information content (AvgIpc) is 3.20. The van der Waals surface area contributed by atoms with E-state index in [9.17, 15) is 24.3 Å². The summed E-state index contributed by atoms with van der Waals surface area (Å²) in [6.07, 6.45) is 3.29. The molecule has 8 heteroatoms. The average molecular weight is 479 g/mol. The van der Waals surface area contributed by atoms with Crippen LogP contribution in [0.4, 0.5) is 10.5 Å². The van der Waals surface area contributed by atoms with Crippen molar-refractivity contribution in [1.82, 2.24) is 9.88 Å². The van der Waals surface area contributed by atoms with Crippen LogP contribution in [0.5, 0.6) is 0 Å². The molecule has 2 heterocycles. The van der Waals surface area contributed by atoms with Gasteiger partial charge in [0.15, 0.2) is 0 Å². The van der Waals surface area contributed by atoms with Crippen molar-refractivity contribution in [3.63, 3.8) is 0 Å². The number of fused-ring (bicyclic) bond motifs is 1. The normalized spacial score (nSPS) is 15.0. The fourth-order valence-electron chi connectivity index (χ4n) is 4.26. The van der Waals surface area contributed by atoms with Gasteiger partial charge >= 0.3 is 12.0 Å². The van der Waals surface area contributed by atoms with E-state index < -0.39 is 23.8 Å². The zero-order chi connectivity index (χ0) is 25.4. The number of benzene rings is 3. The molecular weight excluding hydrogens is 458 g/mol. The summed E-state index contributed by atoms with van der Waals surface area (Å²) in [4.78, 5) is 50.8. The molecule has 0 saturated carbocycles. The van der Waals surface area contributed by atoms with Crippen molar-refractivity contribution in [3.8, 4) is 0 Å². The standard InChI is InChI=1S/C28H21N3O5/c1-17-9-11-21(12-10-17)31-26(33)23(25(32)29-28(31)36)14-20-16-30(24-8-3-2-7-22(20)24)15-18-5-4-6-19(13-18)27(34)35/h2-14,16H,15H2,1H3,(H,34,35)(H,29,32,36)/b23-14+. The third-order valence-corrected chi connectivity index (χ3v) is 6.04. The first-order valence-corrected chi connectivity index (χ1v) is 11.2. The fraction of sp³-hybridized carbons (Fsp3) is 0.0714. The Bertz CT molecular complexity index is 1580. The van der Waals surface area contributed by atoms with Crippen LogP contribution >= 0.6 is 0 Å². The van der Waals surface area contributed by atoms with Gasteiger partial charge in [0.05, 0.1) is 11.3 Å². The second kappa shape index (κ2) is 8.99. The van der Waals surface area contributed by atoms with E-state index >= 15 is 0 Å². The molecule has 0 spiro atoms. The molecule has 4 amide bonds. The molecule has 0 aliphatic carbocycles. The second-order valence-corrected chi connectivity index (χ2v) is 8.53. The van der Waals surface area contributed by atoms with Crippen LogP contribution in [0.3, 0.4) is 0 Å². The third-order valence-electron chi connectivity index (χ3n) is 6.04. The largest absolute Gasteiger partial charge is 0.478 e. The zero-order valence-corrected chi connectivity index (χ0v) is 19.3. The Morgan fingerprint density at radius 3 is 2.47 bits per heavy atom. The van der Waals surface area contributed by atoms with Crippen LogP contribution in [0.25, 0.3) is 17.0 Å². The minimum absolute atomic E-state index is 0.161. The van der Waals surface area contributed by atoms with Gasteiger partial charge < -0.3 is 9.67 Å². The lowest BCUT2D eigenvalue weighted by atomic mass is 10.1. The number of amides is 4. The lowest BCUT2D eigenvalue weighted by Gasteiger charge is -2.26. The highest BCUT2D eigenvalue weighted by Crippen LogP contribution is 2.27. The van der Waals surface area contributed by atoms with E-state index in [1.54, 1.807) is 42.6 Å². The number of carbonyl (C=O) groups is 4. The molecular formula is C28H21N3O5. The van der Waals surface area contributed by atoms with E-state index in [2.05, 4.69) is 5.32 Å². The van der Waals surface area contributed by atoms with Crippen LogP contribution in [0.1, 0.15) is 27.0 Å². The van der Waals surface area contributed by atoms with Crippen molar-refractivity contribution >= 4 is 46.5 Å². The number of anilines is 1. The molecule has 1 aliphatic rings. The number of nitrogens with zero attached hydrogens (tertiary/aromatic N) is 2. The van der Waals surface area contributed by atoms with Crippen LogP contribution in [-0.2, 0) is 16.1 Å². The van der Waals surface area contributed by atoms with Crippen LogP contribution in [0, 0.1) is 6.92 Å². The molecule has 1 saturated heterocycles. The maximum atomic E-state index is 13.3. The highest BCUT2D eigenvalue weighted by molar-refractivity contribution is 6.39. The summed E-state index contributed by atoms with van der Waals surface area (Å²) in [6, 6.07) is 20.2. The number of rotatable bonds is 5. The highest BCUT2D eigenvalue weighted by Gasteiger charge is 2.37. The molecule has 4 aromatic rings. The lowest BCUT2D eigenvalue weighted by Crippen LogP contribution is -2.54. The van der Waals surface area contributed by atoms with Gasteiger partial charge in [-0.25, -0.2) is 14.5 Å². The minimum atomic E-state index is -1.01. The van der Waals surface area contributed by atoms with Gasteiger partial charge in [-0.05, 0) is 48.9 Å². The summed E-state index contributed by atoms with van der Waals surface area (Å²) >= 11 is 0. The first-order chi connectivity index (χ1) is 17.3. The Balaban J connectivity index is 1.55. The molecule has 5 rings (SSSR count). The van der Waals surface area contributed by atoms with Crippen molar-refractivity contribution in [3.05, 3.63) is 107 Å². The van der Waals surface area contributed by atoms with Gasteiger partial charge in [0.2, 0.25) is 0 Å². The summed E-state index contributed by atoms with van der Waals surface area (Å²) in [5.41, 5.74) is 3.62. The Morgan fingerprint density at radius 1 is 0.972 bits per heavy atom. The number of para-hydroxylation sites is 1. The molecule has 1 fully saturated rings. The molecule has 36 heavy (non-hydrogen) atoms. The Labute approximate surface area is 206 Å². The van der Waals surface area contributed by atoms with Crippen molar-refractivity contribution in [2.24, 2.45) is 0 Å². The lowest BCUT2D eigenvalue weighted by molar-refractivity contribution is -0.122. The monoisotopic (exact) mass is 479 g/mol. The van der Waals surface area contributed by atoms with Crippen molar-refractivity contribution in [2.45, 2.75) is 13.5 Å². The first-order valence-electron chi connectivity index (χ1n) is 11.2. The summed E-state index contributed by atoms with van der Waals surface area (Å²) < 4.78 is 1.93. The number of aryl methyl sites for hydroxylation is 1. The number of barbiturate groups is 1. The number of aromatic carboxylic acids is 1. The van der Waals surface area contributed by atoms with Gasteiger partial charge in [-0.2, -0.15) is 0 Å². The van der Waals surface area contributed by atoms with Crippen molar-refractivity contribution < 1.29 is 24.3 Å². The molecule has 1 aliphatic heterocycles. The van der Waals surface area contributed by atoms with E-state index in [0.29, 0.717) is 17.8 Å². The van der Waals surface area contributed by atoms with E-state index in [1.165, 1.54) is 12.1 Å². The van der Waals surface area contributed by atoms with Gasteiger partial charge in [-0.3, -0.25) is 14.9 Å². The van der Waals surface area contributed by atoms with Crippen molar-refractivity contribution in [1.29, 1.82) is 0 Å². The smallest absolute Gasteiger partial charge is 0.335 e. The number of carboxylic acids is 1. The third kappa shape index (κ3) is 4.16. The van der Waals surface area contributed by atoms with Crippen LogP contribution < -0.4 is 10.2 Å². The molecule has 0 radical (unpaired) electrons. The molecule has 3 aromatic carbocycles. The van der Waals surface area contributed by atoms with E-state index in [-0.39, 0.29) is 11.1 Å². The summed E-state index contributed by atoms with van der Waals surface area (Å²) in [7, 11) is 0. The maximum absolute atomic E-state index is 13.3. The number of hydrogen-bond acceptors (Lipinski definition) is 4. The SMILES string of the molecule is Cc1ccc(N2C(=O)NC(=O)/C(=C\c3cn(Cc4cccc(C(=O)O)c4)c4ccccc34)C2=O)cc1. The van der Waals surface area contributed by atoms with E-state index in [4.69, 9.17) is 0 Å². The van der Waals surface area contributed by atoms with Crippen LogP contribution in [0.2, 0.25) is 0 Å². The minimum Gasteiger partial charge on any atom is -0.478 e. The Morgan fingerprint density at radius 2 is 1.72 bits per heavy atom. The second-order valence-electron chi connectivity index (χ2n) is 8.53. The topological polar surface area (TPSA) is 109 Å². The number of imide groups is 2. The molecule has 2 N–H and O–H groups in total. The van der Waals surface area contributed by atoms with Gasteiger partial charge in [0, 0.05) is 29.2 Å². The number of hydrogen-bond donors (Lipinski definition) is 2. The molecule has 0 bridgehead atoms. The molecule has 0 atom stereocenters. The Kier molecular flexibility index (Phi) is 5.69. The molecule has 178 valence electrons. The zero-order valence-electron chi connectivity index (χ0n) is 19.3. The molecule has 1 aromatic heterocycles. The summed E-state index contributed by atoms with van der Waals surface area (Å²) in [5.74, 6) is -2.48. The number of urea groups is 1. The van der Waals surface area contributed by atoms with Gasteiger partial charge in [0.25, 0.3) is 11.8 Å². The Hall–Kier alpha value is -4.98. The maximum Gasteiger partial charge on any atom is 0.335 e. The predicted octanol–water partition coefficient (Wildman–Crippen LogP) is 4.36. The number of carbonyl (C=O) groups excluding carboxylic acids is 3. The number of carboxylic acid groups (broad SMARTS) is 1. The first kappa shape index (κ1) is 22.8. The van der Waals surface area contributed by atoms with Gasteiger partial charge in [-0.1, -0.05) is 48.0 Å². The summed E-state index contributed by atoms with van der Waals surface area (Å²) in [5, 5.41) is 12.4. The number of nitrogens with one attached hydrogen (secondary N) is 1. The van der Waals surface area contributed by atoms with Crippen LogP contribution in [0.15, 0.2) is 84.6 Å². The summed E-state index contributed by atoms with van der Waals surface area (Å²) in [6.45, 7) is 2.28.